The van der Waals surface area contributed by atoms with Gasteiger partial charge in [-0.3, -0.25) is 9.48 Å². The van der Waals surface area contributed by atoms with Gasteiger partial charge in [-0.1, -0.05) is 0 Å². The first-order chi connectivity index (χ1) is 10.6. The number of hydrogen-bond acceptors (Lipinski definition) is 4. The van der Waals surface area contributed by atoms with Crippen molar-refractivity contribution >= 4 is 5.91 Å². The molecule has 0 N–H and O–H groups in total. The second-order valence-corrected chi connectivity index (χ2v) is 6.61. The topological polar surface area (TPSA) is 50.6 Å². The van der Waals surface area contributed by atoms with Gasteiger partial charge >= 0.3 is 0 Å². The molecule has 2 aliphatic rings. The molecule has 0 aromatic carbocycles. The van der Waals surface area contributed by atoms with Gasteiger partial charge in [0.05, 0.1) is 19.3 Å². The third-order valence-corrected chi connectivity index (χ3v) is 4.80. The molecule has 2 saturated heterocycles. The van der Waals surface area contributed by atoms with Crippen molar-refractivity contribution in [3.63, 3.8) is 0 Å². The van der Waals surface area contributed by atoms with E-state index in [-0.39, 0.29) is 18.0 Å². The summed E-state index contributed by atoms with van der Waals surface area (Å²) in [6.45, 7) is 7.13. The first kappa shape index (κ1) is 15.5. The Morgan fingerprint density at radius 3 is 2.82 bits per heavy atom. The molecule has 3 heterocycles. The lowest BCUT2D eigenvalue weighted by Crippen LogP contribution is -2.56. The quantitative estimate of drug-likeness (QED) is 0.847. The van der Waals surface area contributed by atoms with Crippen LogP contribution in [-0.2, 0) is 4.74 Å². The molecule has 6 heteroatoms. The molecule has 2 aliphatic heterocycles. The number of likely N-dealkylation sites (N-methyl/N-ethyl adjacent to an activating group) is 1. The molecule has 0 bridgehead atoms. The first-order valence-corrected chi connectivity index (χ1v) is 8.22. The molecule has 22 heavy (non-hydrogen) atoms. The summed E-state index contributed by atoms with van der Waals surface area (Å²) in [6.07, 6.45) is 4.21. The van der Waals surface area contributed by atoms with Crippen LogP contribution in [0.3, 0.4) is 0 Å². The second-order valence-electron chi connectivity index (χ2n) is 6.61. The Kier molecular flexibility index (Phi) is 4.49. The van der Waals surface area contributed by atoms with Gasteiger partial charge in [-0.25, -0.2) is 0 Å². The molecule has 2 fully saturated rings. The fourth-order valence-electron chi connectivity index (χ4n) is 3.50. The standard InChI is InChI=1S/C16H26N4O2/c1-12(2)20-8-6-13(17-20)16(21)19-9-10-22-11-15(19)14-5-4-7-18(14)3/h6,8,12,14-15H,4-5,7,9-11H2,1-3H3/t14-,15-/m1/s1. The van der Waals surface area contributed by atoms with Crippen molar-refractivity contribution in [2.45, 2.75) is 44.8 Å². The summed E-state index contributed by atoms with van der Waals surface area (Å²) in [5.41, 5.74) is 0.543. The van der Waals surface area contributed by atoms with Gasteiger partial charge in [0, 0.05) is 24.8 Å². The maximum atomic E-state index is 12.9. The summed E-state index contributed by atoms with van der Waals surface area (Å²) in [5.74, 6) is 0.0352. The molecule has 2 atom stereocenters. The minimum atomic E-state index is 0.0352. The van der Waals surface area contributed by atoms with Gasteiger partial charge in [0.25, 0.3) is 5.91 Å². The molecule has 0 aliphatic carbocycles. The zero-order valence-electron chi connectivity index (χ0n) is 13.7. The third kappa shape index (κ3) is 2.90. The Hall–Kier alpha value is -1.40. The average Bonchev–Trinajstić information content (AvgIpc) is 3.15. The van der Waals surface area contributed by atoms with Gasteiger partial charge in [0.15, 0.2) is 0 Å². The van der Waals surface area contributed by atoms with E-state index in [1.54, 1.807) is 0 Å². The maximum Gasteiger partial charge on any atom is 0.274 e. The predicted molar refractivity (Wildman–Crippen MR) is 83.9 cm³/mol. The summed E-state index contributed by atoms with van der Waals surface area (Å²) in [7, 11) is 2.14. The van der Waals surface area contributed by atoms with E-state index < -0.39 is 0 Å². The summed E-state index contributed by atoms with van der Waals surface area (Å²) in [4.78, 5) is 17.2. The number of morpholine rings is 1. The van der Waals surface area contributed by atoms with Gasteiger partial charge in [-0.2, -0.15) is 5.10 Å². The highest BCUT2D eigenvalue weighted by Crippen LogP contribution is 2.25. The molecule has 1 aromatic heterocycles. The SMILES string of the molecule is CC(C)n1ccc(C(=O)N2CCOC[C@@H]2[C@H]2CCCN2C)n1. The number of amides is 1. The minimum Gasteiger partial charge on any atom is -0.377 e. The number of rotatable bonds is 3. The third-order valence-electron chi connectivity index (χ3n) is 4.80. The van der Waals surface area contributed by atoms with Crippen molar-refractivity contribution in [2.24, 2.45) is 0 Å². The number of carbonyl (C=O) groups excluding carboxylic acids is 1. The zero-order valence-corrected chi connectivity index (χ0v) is 13.7. The Morgan fingerprint density at radius 1 is 1.36 bits per heavy atom. The number of hydrogen-bond donors (Lipinski definition) is 0. The highest BCUT2D eigenvalue weighted by Gasteiger charge is 2.38. The molecule has 0 spiro atoms. The number of aromatic nitrogens is 2. The fourth-order valence-corrected chi connectivity index (χ4v) is 3.50. The largest absolute Gasteiger partial charge is 0.377 e. The van der Waals surface area contributed by atoms with Gasteiger partial charge in [0.1, 0.15) is 5.69 Å². The van der Waals surface area contributed by atoms with Gasteiger partial charge < -0.3 is 14.5 Å². The van der Waals surface area contributed by atoms with Crippen molar-refractivity contribution in [2.75, 3.05) is 33.4 Å². The summed E-state index contributed by atoms with van der Waals surface area (Å²) in [6, 6.07) is 2.63. The highest BCUT2D eigenvalue weighted by molar-refractivity contribution is 5.92. The van der Waals surface area contributed by atoms with Crippen LogP contribution < -0.4 is 0 Å². The minimum absolute atomic E-state index is 0.0352. The Labute approximate surface area is 132 Å². The zero-order chi connectivity index (χ0) is 15.7. The van der Waals surface area contributed by atoms with E-state index >= 15 is 0 Å². The van der Waals surface area contributed by atoms with E-state index in [2.05, 4.69) is 30.9 Å². The smallest absolute Gasteiger partial charge is 0.274 e. The maximum absolute atomic E-state index is 12.9. The molecule has 1 amide bonds. The second kappa shape index (κ2) is 6.38. The van der Waals surface area contributed by atoms with Gasteiger partial charge in [0.2, 0.25) is 0 Å². The molecule has 0 saturated carbocycles. The number of likely N-dealkylation sites (tertiary alicyclic amines) is 1. The molecule has 0 unspecified atom stereocenters. The van der Waals surface area contributed by atoms with Crippen LogP contribution in [0.4, 0.5) is 0 Å². The van der Waals surface area contributed by atoms with Crippen LogP contribution in [0.1, 0.15) is 43.2 Å². The summed E-state index contributed by atoms with van der Waals surface area (Å²) < 4.78 is 7.49. The van der Waals surface area contributed by atoms with Crippen LogP contribution in [0.2, 0.25) is 0 Å². The number of carbonyl (C=O) groups is 1. The monoisotopic (exact) mass is 306 g/mol. The van der Waals surface area contributed by atoms with Crippen LogP contribution >= 0.6 is 0 Å². The van der Waals surface area contributed by atoms with Crippen molar-refractivity contribution in [3.05, 3.63) is 18.0 Å². The Morgan fingerprint density at radius 2 is 2.18 bits per heavy atom. The van der Waals surface area contributed by atoms with Crippen LogP contribution in [0, 0.1) is 0 Å². The van der Waals surface area contributed by atoms with Crippen molar-refractivity contribution < 1.29 is 9.53 Å². The van der Waals surface area contributed by atoms with Crippen LogP contribution in [-0.4, -0.2) is 70.9 Å². The van der Waals surface area contributed by atoms with Crippen LogP contribution in [0.25, 0.3) is 0 Å². The predicted octanol–water partition coefficient (Wildman–Crippen LogP) is 1.40. The lowest BCUT2D eigenvalue weighted by molar-refractivity contribution is -0.0235. The summed E-state index contributed by atoms with van der Waals surface area (Å²) in [5, 5.41) is 4.44. The number of nitrogens with zero attached hydrogens (tertiary/aromatic N) is 4. The molecular weight excluding hydrogens is 280 g/mol. The van der Waals surface area contributed by atoms with Gasteiger partial charge in [-0.05, 0) is 46.3 Å². The lowest BCUT2D eigenvalue weighted by Gasteiger charge is -2.40. The van der Waals surface area contributed by atoms with E-state index in [1.165, 1.54) is 6.42 Å². The fraction of sp³-hybridized carbons (Fsp3) is 0.750. The molecule has 6 nitrogen and oxygen atoms in total. The Bertz CT molecular complexity index is 528. The van der Waals surface area contributed by atoms with E-state index in [9.17, 15) is 4.79 Å². The first-order valence-electron chi connectivity index (χ1n) is 8.22. The van der Waals surface area contributed by atoms with Crippen LogP contribution in [0.5, 0.6) is 0 Å². The van der Waals surface area contributed by atoms with Crippen molar-refractivity contribution in [3.8, 4) is 0 Å². The number of ether oxygens (including phenoxy) is 1. The molecular formula is C16H26N4O2. The van der Waals surface area contributed by atoms with E-state index in [0.29, 0.717) is 31.5 Å². The molecule has 3 rings (SSSR count). The molecule has 1 aromatic rings. The van der Waals surface area contributed by atoms with Crippen molar-refractivity contribution in [1.29, 1.82) is 0 Å². The Balaban J connectivity index is 1.78. The summed E-state index contributed by atoms with van der Waals surface area (Å²) >= 11 is 0. The van der Waals surface area contributed by atoms with E-state index in [0.717, 1.165) is 13.0 Å². The molecule has 0 radical (unpaired) electrons. The van der Waals surface area contributed by atoms with E-state index in [1.807, 2.05) is 21.8 Å². The van der Waals surface area contributed by atoms with Crippen molar-refractivity contribution in [1.82, 2.24) is 19.6 Å². The van der Waals surface area contributed by atoms with Gasteiger partial charge in [-0.15, -0.1) is 0 Å². The highest BCUT2D eigenvalue weighted by atomic mass is 16.5. The lowest BCUT2D eigenvalue weighted by atomic mass is 10.0. The van der Waals surface area contributed by atoms with Crippen LogP contribution in [0.15, 0.2) is 12.3 Å². The molecule has 122 valence electrons. The normalized spacial score (nSPS) is 26.8. The van der Waals surface area contributed by atoms with E-state index in [4.69, 9.17) is 4.74 Å². The average molecular weight is 306 g/mol.